The second kappa shape index (κ2) is 13.6. The minimum atomic E-state index is -5.92. The molecular formula is H4Ca3O11Si3. The summed E-state index contributed by atoms with van der Waals surface area (Å²) in [7, 11) is -16.4. The van der Waals surface area contributed by atoms with Gasteiger partial charge in [-0.15, -0.1) is 18.1 Å². The molecule has 0 aromatic rings. The molecule has 17 heteroatoms. The van der Waals surface area contributed by atoms with E-state index in [1.807, 2.05) is 0 Å². The first-order chi connectivity index (χ1) is 5.71. The van der Waals surface area contributed by atoms with Crippen LogP contribution in [0.5, 0.6) is 0 Å². The first kappa shape index (κ1) is 32.8. The maximum Gasteiger partial charge on any atom is 2.00 e. The van der Waals surface area contributed by atoms with Gasteiger partial charge in [0.05, 0.1) is 0 Å². The maximum atomic E-state index is 9.36. The molecule has 0 aliphatic carbocycles. The molecule has 0 unspecified atom stereocenters. The van der Waals surface area contributed by atoms with Crippen molar-refractivity contribution in [2.45, 2.75) is 0 Å². The van der Waals surface area contributed by atoms with Crippen molar-refractivity contribution in [1.82, 2.24) is 0 Å². The van der Waals surface area contributed by atoms with E-state index in [0.29, 0.717) is 0 Å². The van der Waals surface area contributed by atoms with Crippen LogP contribution in [0.2, 0.25) is 0 Å². The maximum absolute atomic E-state index is 9.36. The predicted octanol–water partition coefficient (Wildman–Crippen LogP) is -11.7. The average Bonchev–Trinajstić information content (AvgIpc) is 1.42. The van der Waals surface area contributed by atoms with E-state index >= 15 is 0 Å². The van der Waals surface area contributed by atoms with Crippen LogP contribution in [0, 0.1) is 0 Å². The number of hydrogen-bond donors (Lipinski definition) is 4. The van der Waals surface area contributed by atoms with E-state index < -0.39 is 27.1 Å². The van der Waals surface area contributed by atoms with Crippen LogP contribution in [0.15, 0.2) is 0 Å². The zero-order valence-corrected chi connectivity index (χ0v) is 17.9. The monoisotopic (exact) mass is 384 g/mol. The fraction of sp³-hybridized carbons (Fsp3) is 0. The Kier molecular flexibility index (Phi) is 26.3. The first-order valence-electron chi connectivity index (χ1n) is 2.53. The molecule has 0 rings (SSSR count). The molecule has 4 N–H and O–H groups in total. The minimum Gasteiger partial charge on any atom is -0.862 e. The van der Waals surface area contributed by atoms with Crippen LogP contribution in [0.1, 0.15) is 0 Å². The molecule has 88 valence electrons. The molecule has 0 aromatic carbocycles. The molecule has 0 fully saturated rings. The molecule has 17 heavy (non-hydrogen) atoms. The van der Waals surface area contributed by atoms with Crippen LogP contribution in [0.4, 0.5) is 0 Å². The van der Waals surface area contributed by atoms with Crippen molar-refractivity contribution in [1.29, 1.82) is 0 Å². The Morgan fingerprint density at radius 2 is 0.706 bits per heavy atom. The summed E-state index contributed by atoms with van der Waals surface area (Å²) in [5, 5.41) is 0. The van der Waals surface area contributed by atoms with Gasteiger partial charge in [0.15, 0.2) is 0 Å². The van der Waals surface area contributed by atoms with E-state index in [0.717, 1.165) is 0 Å². The molecular weight excluding hydrogens is 380 g/mol. The molecule has 0 saturated carbocycles. The summed E-state index contributed by atoms with van der Waals surface area (Å²) in [6.07, 6.45) is 0. The van der Waals surface area contributed by atoms with Crippen LogP contribution in [0.25, 0.3) is 0 Å². The largest absolute Gasteiger partial charge is 2.00 e. The topological polar surface area (TPSA) is 229 Å². The zero-order chi connectivity index (χ0) is 12.2. The molecule has 0 atom stereocenters. The molecule has 0 heterocycles. The van der Waals surface area contributed by atoms with Gasteiger partial charge in [0.1, 0.15) is 0 Å². The Labute approximate surface area is 188 Å². The average molecular weight is 385 g/mol. The quantitative estimate of drug-likeness (QED) is 0.326. The predicted molar refractivity (Wildman–Crippen MR) is 44.5 cm³/mol. The Balaban J connectivity index is -0.0000000533. The summed E-state index contributed by atoms with van der Waals surface area (Å²) in [6, 6.07) is 0. The smallest absolute Gasteiger partial charge is 0.862 e. The van der Waals surface area contributed by atoms with Crippen LogP contribution in [0.3, 0.4) is 0 Å². The van der Waals surface area contributed by atoms with Gasteiger partial charge in [0.25, 0.3) is 0 Å². The molecule has 0 saturated heterocycles. The normalized spacial score (nSPS) is 10.9. The standard InChI is InChI=1S/3Ca.O7Si2.H4O4Si/c;;;1-8(2,3)7-9(4,5)6;1-5(2,3)4/h;;;;1-4H/q3*+2;-6;. The Morgan fingerprint density at radius 1 is 0.588 bits per heavy atom. The Bertz CT molecular complexity index is 137. The second-order valence-electron chi connectivity index (χ2n) is 1.70. The van der Waals surface area contributed by atoms with Gasteiger partial charge in [-0.25, -0.2) is 0 Å². The third kappa shape index (κ3) is 64.8. The van der Waals surface area contributed by atoms with E-state index in [2.05, 4.69) is 4.12 Å². The summed E-state index contributed by atoms with van der Waals surface area (Å²) in [5.41, 5.74) is 0. The van der Waals surface area contributed by atoms with Gasteiger partial charge in [-0.3, -0.25) is 0 Å². The van der Waals surface area contributed by atoms with Gasteiger partial charge in [0.2, 0.25) is 0 Å². The van der Waals surface area contributed by atoms with Crippen molar-refractivity contribution in [2.24, 2.45) is 0 Å². The molecule has 0 aliphatic heterocycles. The summed E-state index contributed by atoms with van der Waals surface area (Å²) < 4.78 is 2.57. The number of rotatable bonds is 2. The summed E-state index contributed by atoms with van der Waals surface area (Å²) in [5.74, 6) is 0. The fourth-order valence-corrected chi connectivity index (χ4v) is 1.38. The van der Waals surface area contributed by atoms with E-state index in [1.54, 1.807) is 0 Å². The van der Waals surface area contributed by atoms with Gasteiger partial charge in [-0.2, -0.15) is 0 Å². The van der Waals surface area contributed by atoms with E-state index in [1.165, 1.54) is 0 Å². The van der Waals surface area contributed by atoms with Crippen molar-refractivity contribution in [2.75, 3.05) is 0 Å². The molecule has 0 radical (unpaired) electrons. The van der Waals surface area contributed by atoms with Gasteiger partial charge >= 0.3 is 122 Å². The van der Waals surface area contributed by atoms with Crippen molar-refractivity contribution in [3.63, 3.8) is 0 Å². The number of hydrogen-bond acceptors (Lipinski definition) is 11. The fourth-order valence-electron chi connectivity index (χ4n) is 0.153. The molecule has 0 spiro atoms. The van der Waals surface area contributed by atoms with E-state index in [4.69, 9.17) is 19.2 Å². The summed E-state index contributed by atoms with van der Waals surface area (Å²) in [6.45, 7) is 0. The summed E-state index contributed by atoms with van der Waals surface area (Å²) >= 11 is 0. The third-order valence-corrected chi connectivity index (χ3v) is 2.25. The van der Waals surface area contributed by atoms with Gasteiger partial charge in [-0.1, -0.05) is 0 Å². The molecule has 11 nitrogen and oxygen atoms in total. The van der Waals surface area contributed by atoms with Crippen LogP contribution in [-0.4, -0.2) is 160 Å². The third-order valence-electron chi connectivity index (χ3n) is 0.250. The Hall–Kier alpha value is 3.99. The molecule has 0 aromatic heterocycles. The molecule has 0 bridgehead atoms. The van der Waals surface area contributed by atoms with Gasteiger partial charge < -0.3 is 52.1 Å². The van der Waals surface area contributed by atoms with Crippen LogP contribution >= 0.6 is 0 Å². The molecule has 0 aliphatic rings. The summed E-state index contributed by atoms with van der Waals surface area (Å²) in [4.78, 5) is 85.5. The van der Waals surface area contributed by atoms with Crippen molar-refractivity contribution >= 4 is 140 Å². The minimum absolute atomic E-state index is 0. The zero-order valence-electron chi connectivity index (χ0n) is 8.27. The van der Waals surface area contributed by atoms with Crippen LogP contribution in [-0.2, 0) is 4.12 Å². The van der Waals surface area contributed by atoms with Crippen molar-refractivity contribution in [3.05, 3.63) is 0 Å². The first-order valence-corrected chi connectivity index (χ1v) is 7.58. The van der Waals surface area contributed by atoms with Crippen molar-refractivity contribution < 1.29 is 52.1 Å². The van der Waals surface area contributed by atoms with Gasteiger partial charge in [0, 0.05) is 0 Å². The Morgan fingerprint density at radius 3 is 0.706 bits per heavy atom. The SMILES string of the molecule is O[Si](O)(O)O.[Ca+2].[Ca+2].[Ca+2].[O-][Si]([O-])([O-])O[Si]([O-])([O-])[O-]. The van der Waals surface area contributed by atoms with Crippen LogP contribution < -0.4 is 28.8 Å². The van der Waals surface area contributed by atoms with E-state index in [-0.39, 0.29) is 113 Å². The van der Waals surface area contributed by atoms with E-state index in [9.17, 15) is 28.8 Å². The molecule has 0 amide bonds. The van der Waals surface area contributed by atoms with Gasteiger partial charge in [-0.05, 0) is 0 Å². The van der Waals surface area contributed by atoms with Crippen molar-refractivity contribution in [3.8, 4) is 0 Å². The second-order valence-corrected chi connectivity index (χ2v) is 5.72.